The highest BCUT2D eigenvalue weighted by Crippen LogP contribution is 2.06. The van der Waals surface area contributed by atoms with Gasteiger partial charge in [0.1, 0.15) is 12.6 Å². The third-order valence-electron chi connectivity index (χ3n) is 3.14. The molecule has 2 amide bonds. The van der Waals surface area contributed by atoms with Crippen molar-refractivity contribution in [3.8, 4) is 0 Å². The van der Waals surface area contributed by atoms with Crippen LogP contribution in [0.5, 0.6) is 0 Å². The molecule has 0 radical (unpaired) electrons. The van der Waals surface area contributed by atoms with E-state index in [4.69, 9.17) is 15.2 Å². The fourth-order valence-corrected chi connectivity index (χ4v) is 1.98. The van der Waals surface area contributed by atoms with Gasteiger partial charge in [-0.05, 0) is 24.8 Å². The van der Waals surface area contributed by atoms with Crippen LogP contribution in [-0.4, -0.2) is 44.8 Å². The van der Waals surface area contributed by atoms with Crippen LogP contribution in [0.1, 0.15) is 18.4 Å². The van der Waals surface area contributed by atoms with Crippen molar-refractivity contribution in [1.82, 2.24) is 5.32 Å². The smallest absolute Gasteiger partial charge is 0.246 e. The Kier molecular flexibility index (Phi) is 8.86. The van der Waals surface area contributed by atoms with Crippen LogP contribution in [-0.2, 0) is 25.5 Å². The van der Waals surface area contributed by atoms with E-state index >= 15 is 0 Å². The molecule has 0 heterocycles. The first-order valence-electron chi connectivity index (χ1n) is 7.32. The van der Waals surface area contributed by atoms with Gasteiger partial charge in [-0.25, -0.2) is 0 Å². The van der Waals surface area contributed by atoms with E-state index in [2.05, 4.69) is 5.32 Å². The first-order chi connectivity index (χ1) is 10.6. The molecule has 22 heavy (non-hydrogen) atoms. The van der Waals surface area contributed by atoms with Crippen LogP contribution < -0.4 is 11.1 Å². The second kappa shape index (κ2) is 10.8. The molecule has 0 aliphatic rings. The molecule has 1 atom stereocenters. The molecule has 0 saturated heterocycles. The van der Waals surface area contributed by atoms with Gasteiger partial charge in [0.15, 0.2) is 0 Å². The van der Waals surface area contributed by atoms with Gasteiger partial charge in [0.05, 0.1) is 13.2 Å². The third-order valence-corrected chi connectivity index (χ3v) is 3.14. The van der Waals surface area contributed by atoms with Gasteiger partial charge in [-0.15, -0.1) is 0 Å². The maximum Gasteiger partial charge on any atom is 0.246 e. The molecule has 6 heteroatoms. The predicted molar refractivity (Wildman–Crippen MR) is 83.2 cm³/mol. The van der Waals surface area contributed by atoms with Crippen LogP contribution in [0.3, 0.4) is 0 Å². The number of methoxy groups -OCH3 is 1. The monoisotopic (exact) mass is 308 g/mol. The lowest BCUT2D eigenvalue weighted by Gasteiger charge is -2.15. The molecule has 0 aliphatic heterocycles. The third kappa shape index (κ3) is 7.75. The minimum absolute atomic E-state index is 0.105. The Balaban J connectivity index is 2.29. The summed E-state index contributed by atoms with van der Waals surface area (Å²) in [7, 11) is 1.55. The number of amides is 2. The Morgan fingerprint density at radius 3 is 2.59 bits per heavy atom. The van der Waals surface area contributed by atoms with Gasteiger partial charge in [-0.3, -0.25) is 9.59 Å². The summed E-state index contributed by atoms with van der Waals surface area (Å²) in [6.45, 7) is 0.647. The van der Waals surface area contributed by atoms with Crippen molar-refractivity contribution in [3.63, 3.8) is 0 Å². The highest BCUT2D eigenvalue weighted by molar-refractivity contribution is 5.86. The zero-order chi connectivity index (χ0) is 16.2. The maximum atomic E-state index is 11.7. The van der Waals surface area contributed by atoms with Crippen LogP contribution in [0, 0.1) is 0 Å². The standard InChI is InChI=1S/C16H24N2O4/c1-21-10-11-22-12-15(19)18-14(16(17)20)9-5-8-13-6-3-2-4-7-13/h2-4,6-7,14H,5,8-12H2,1H3,(H2,17,20)(H,18,19)/t14-/m0/s1. The Labute approximate surface area is 131 Å². The predicted octanol–water partition coefficient (Wildman–Crippen LogP) is 0.642. The number of aryl methyl sites for hydroxylation is 1. The fourth-order valence-electron chi connectivity index (χ4n) is 1.98. The summed E-state index contributed by atoms with van der Waals surface area (Å²) in [5.74, 6) is -0.877. The molecule has 0 saturated carbocycles. The van der Waals surface area contributed by atoms with Crippen molar-refractivity contribution in [1.29, 1.82) is 0 Å². The molecule has 122 valence electrons. The lowest BCUT2D eigenvalue weighted by molar-refractivity contribution is -0.130. The number of benzene rings is 1. The van der Waals surface area contributed by atoms with Crippen molar-refractivity contribution in [2.45, 2.75) is 25.3 Å². The summed E-state index contributed by atoms with van der Waals surface area (Å²) >= 11 is 0. The first kappa shape index (κ1) is 18.1. The van der Waals surface area contributed by atoms with Crippen molar-refractivity contribution >= 4 is 11.8 Å². The van der Waals surface area contributed by atoms with Gasteiger partial charge in [0.2, 0.25) is 11.8 Å². The summed E-state index contributed by atoms with van der Waals surface area (Å²) < 4.78 is 9.91. The second-order valence-electron chi connectivity index (χ2n) is 4.95. The average Bonchev–Trinajstić information content (AvgIpc) is 2.51. The number of rotatable bonds is 11. The number of nitrogens with one attached hydrogen (secondary N) is 1. The average molecular weight is 308 g/mol. The normalized spacial score (nSPS) is 11.9. The van der Waals surface area contributed by atoms with E-state index in [0.29, 0.717) is 19.6 Å². The van der Waals surface area contributed by atoms with E-state index in [1.165, 1.54) is 5.56 Å². The Morgan fingerprint density at radius 1 is 1.23 bits per heavy atom. The molecule has 0 aromatic heterocycles. The van der Waals surface area contributed by atoms with Crippen LogP contribution in [0.25, 0.3) is 0 Å². The second-order valence-corrected chi connectivity index (χ2v) is 4.95. The van der Waals surface area contributed by atoms with Gasteiger partial charge in [-0.1, -0.05) is 30.3 Å². The number of ether oxygens (including phenoxy) is 2. The van der Waals surface area contributed by atoms with Gasteiger partial charge in [0, 0.05) is 7.11 Å². The van der Waals surface area contributed by atoms with Gasteiger partial charge < -0.3 is 20.5 Å². The molecule has 1 aromatic rings. The number of primary amides is 1. The first-order valence-corrected chi connectivity index (χ1v) is 7.32. The SMILES string of the molecule is COCCOCC(=O)N[C@@H](CCCc1ccccc1)C(N)=O. The minimum Gasteiger partial charge on any atom is -0.382 e. The van der Waals surface area contributed by atoms with Crippen LogP contribution in [0.4, 0.5) is 0 Å². The quantitative estimate of drug-likeness (QED) is 0.587. The molecule has 0 spiro atoms. The molecule has 1 aromatic carbocycles. The van der Waals surface area contributed by atoms with Gasteiger partial charge in [-0.2, -0.15) is 0 Å². The van der Waals surface area contributed by atoms with Crippen molar-refractivity contribution in [3.05, 3.63) is 35.9 Å². The van der Waals surface area contributed by atoms with E-state index in [-0.39, 0.29) is 12.5 Å². The van der Waals surface area contributed by atoms with E-state index in [9.17, 15) is 9.59 Å². The molecule has 6 nitrogen and oxygen atoms in total. The number of carbonyl (C=O) groups is 2. The van der Waals surface area contributed by atoms with Crippen molar-refractivity contribution in [2.75, 3.05) is 26.9 Å². The number of nitrogens with two attached hydrogens (primary N) is 1. The summed E-state index contributed by atoms with van der Waals surface area (Å²) in [6.07, 6.45) is 2.11. The largest absolute Gasteiger partial charge is 0.382 e. The Bertz CT molecular complexity index is 451. The van der Waals surface area contributed by atoms with Crippen molar-refractivity contribution in [2.24, 2.45) is 5.73 Å². The summed E-state index contributed by atoms with van der Waals surface area (Å²) in [5, 5.41) is 2.60. The van der Waals surface area contributed by atoms with Crippen LogP contribution in [0.2, 0.25) is 0 Å². The number of carbonyl (C=O) groups excluding carboxylic acids is 2. The zero-order valence-electron chi connectivity index (χ0n) is 12.9. The molecule has 3 N–H and O–H groups in total. The molecular weight excluding hydrogens is 284 g/mol. The summed E-state index contributed by atoms with van der Waals surface area (Å²) in [6, 6.07) is 9.30. The van der Waals surface area contributed by atoms with E-state index in [1.807, 2.05) is 30.3 Å². The lowest BCUT2D eigenvalue weighted by atomic mass is 10.0. The molecule has 0 fully saturated rings. The van der Waals surface area contributed by atoms with Gasteiger partial charge >= 0.3 is 0 Å². The highest BCUT2D eigenvalue weighted by Gasteiger charge is 2.17. The zero-order valence-corrected chi connectivity index (χ0v) is 12.9. The van der Waals surface area contributed by atoms with Crippen LogP contribution >= 0.6 is 0 Å². The Hall–Kier alpha value is -1.92. The fraction of sp³-hybridized carbons (Fsp3) is 0.500. The van der Waals surface area contributed by atoms with Gasteiger partial charge in [0.25, 0.3) is 0 Å². The molecular formula is C16H24N2O4. The summed E-state index contributed by atoms with van der Waals surface area (Å²) in [4.78, 5) is 23.1. The lowest BCUT2D eigenvalue weighted by Crippen LogP contribution is -2.45. The van der Waals surface area contributed by atoms with E-state index in [0.717, 1.165) is 12.8 Å². The topological polar surface area (TPSA) is 90.7 Å². The highest BCUT2D eigenvalue weighted by atomic mass is 16.5. The molecule has 0 unspecified atom stereocenters. The molecule has 0 bridgehead atoms. The Morgan fingerprint density at radius 2 is 1.95 bits per heavy atom. The van der Waals surface area contributed by atoms with E-state index in [1.54, 1.807) is 7.11 Å². The number of hydrogen-bond acceptors (Lipinski definition) is 4. The number of hydrogen-bond donors (Lipinski definition) is 2. The van der Waals surface area contributed by atoms with Crippen LogP contribution in [0.15, 0.2) is 30.3 Å². The van der Waals surface area contributed by atoms with E-state index < -0.39 is 11.9 Å². The maximum absolute atomic E-state index is 11.7. The molecule has 0 aliphatic carbocycles. The minimum atomic E-state index is -0.665. The van der Waals surface area contributed by atoms with Crippen molar-refractivity contribution < 1.29 is 19.1 Å². The molecule has 1 rings (SSSR count). The summed E-state index contributed by atoms with van der Waals surface area (Å²) in [5.41, 5.74) is 6.52.